The standard InChI is InChI=1S/C22H32N4O3/c27-21(17-11-23-25-20(17)14-5-2-1-3-6-14)24-19-15-8-9-16(19)13-26(12-15)22(28)18-7-4-10-29-18/h11,14-16,18-19H,1-10,12-13H2,(H,23,25)(H,24,27)/t15-,16+,18-,19?/m1/s1. The summed E-state index contributed by atoms with van der Waals surface area (Å²) >= 11 is 0. The Morgan fingerprint density at radius 1 is 1.03 bits per heavy atom. The average Bonchev–Trinajstić information content (AvgIpc) is 3.48. The number of aromatic nitrogens is 2. The van der Waals surface area contributed by atoms with Crippen LogP contribution in [0.15, 0.2) is 6.20 Å². The molecule has 5 rings (SSSR count). The lowest BCUT2D eigenvalue weighted by Gasteiger charge is -2.39. The van der Waals surface area contributed by atoms with Crippen molar-refractivity contribution in [2.75, 3.05) is 19.7 Å². The number of hydrogen-bond donors (Lipinski definition) is 2. The number of fused-ring (bicyclic) bond motifs is 2. The highest BCUT2D eigenvalue weighted by atomic mass is 16.5. The van der Waals surface area contributed by atoms with E-state index in [4.69, 9.17) is 4.74 Å². The smallest absolute Gasteiger partial charge is 0.254 e. The first-order valence-corrected chi connectivity index (χ1v) is 11.4. The number of ether oxygens (including phenoxy) is 1. The van der Waals surface area contributed by atoms with Crippen molar-refractivity contribution in [1.29, 1.82) is 0 Å². The quantitative estimate of drug-likeness (QED) is 0.813. The summed E-state index contributed by atoms with van der Waals surface area (Å²) in [6.45, 7) is 2.17. The van der Waals surface area contributed by atoms with Gasteiger partial charge < -0.3 is 15.0 Å². The summed E-state index contributed by atoms with van der Waals surface area (Å²) in [6.07, 6.45) is 11.4. The molecule has 0 radical (unpaired) electrons. The van der Waals surface area contributed by atoms with Crippen molar-refractivity contribution in [3.8, 4) is 0 Å². The van der Waals surface area contributed by atoms with Crippen LogP contribution in [0.5, 0.6) is 0 Å². The molecule has 158 valence electrons. The van der Waals surface area contributed by atoms with Crippen molar-refractivity contribution in [2.45, 2.75) is 75.9 Å². The van der Waals surface area contributed by atoms with Crippen LogP contribution in [0.1, 0.15) is 79.8 Å². The first-order valence-electron chi connectivity index (χ1n) is 11.4. The number of hydrogen-bond acceptors (Lipinski definition) is 4. The lowest BCUT2D eigenvalue weighted by Crippen LogP contribution is -2.55. The Hall–Kier alpha value is -1.89. The van der Waals surface area contributed by atoms with E-state index in [-0.39, 0.29) is 24.0 Å². The molecule has 2 saturated heterocycles. The van der Waals surface area contributed by atoms with E-state index in [9.17, 15) is 9.59 Å². The van der Waals surface area contributed by atoms with Gasteiger partial charge in [-0.2, -0.15) is 5.10 Å². The minimum absolute atomic E-state index is 0.000117. The molecule has 7 nitrogen and oxygen atoms in total. The molecule has 3 heterocycles. The number of aromatic amines is 1. The van der Waals surface area contributed by atoms with Gasteiger partial charge in [-0.3, -0.25) is 14.7 Å². The Morgan fingerprint density at radius 2 is 1.79 bits per heavy atom. The van der Waals surface area contributed by atoms with Crippen LogP contribution in [0.25, 0.3) is 0 Å². The number of carbonyl (C=O) groups is 2. The van der Waals surface area contributed by atoms with Crippen LogP contribution in [0.2, 0.25) is 0 Å². The molecule has 4 fully saturated rings. The predicted octanol–water partition coefficient (Wildman–Crippen LogP) is 2.60. The molecule has 1 aromatic rings. The van der Waals surface area contributed by atoms with Crippen LogP contribution in [-0.2, 0) is 9.53 Å². The van der Waals surface area contributed by atoms with Gasteiger partial charge in [0.2, 0.25) is 0 Å². The summed E-state index contributed by atoms with van der Waals surface area (Å²) in [6, 6.07) is 0.158. The van der Waals surface area contributed by atoms with Crippen LogP contribution in [-0.4, -0.2) is 58.8 Å². The van der Waals surface area contributed by atoms with Gasteiger partial charge in [0, 0.05) is 31.7 Å². The maximum Gasteiger partial charge on any atom is 0.254 e. The summed E-state index contributed by atoms with van der Waals surface area (Å²) in [5.74, 6) is 1.26. The van der Waals surface area contributed by atoms with Crippen molar-refractivity contribution in [1.82, 2.24) is 20.4 Å². The van der Waals surface area contributed by atoms with E-state index >= 15 is 0 Å². The highest BCUT2D eigenvalue weighted by Crippen LogP contribution is 2.38. The highest BCUT2D eigenvalue weighted by Gasteiger charge is 2.45. The largest absolute Gasteiger partial charge is 0.368 e. The zero-order chi connectivity index (χ0) is 19.8. The molecule has 7 heteroatoms. The minimum atomic E-state index is -0.246. The van der Waals surface area contributed by atoms with Gasteiger partial charge in [-0.1, -0.05) is 19.3 Å². The lowest BCUT2D eigenvalue weighted by molar-refractivity contribution is -0.143. The molecule has 2 saturated carbocycles. The molecule has 29 heavy (non-hydrogen) atoms. The van der Waals surface area contributed by atoms with E-state index in [1.54, 1.807) is 6.20 Å². The molecule has 0 spiro atoms. The van der Waals surface area contributed by atoms with Gasteiger partial charge in [0.05, 0.1) is 17.5 Å². The third-order valence-corrected chi connectivity index (χ3v) is 7.58. The number of nitrogens with zero attached hydrogens (tertiary/aromatic N) is 2. The van der Waals surface area contributed by atoms with E-state index in [1.165, 1.54) is 19.3 Å². The zero-order valence-electron chi connectivity index (χ0n) is 17.1. The summed E-state index contributed by atoms with van der Waals surface area (Å²) in [4.78, 5) is 27.9. The van der Waals surface area contributed by atoms with Crippen LogP contribution in [0.4, 0.5) is 0 Å². The van der Waals surface area contributed by atoms with Crippen LogP contribution in [0, 0.1) is 11.8 Å². The molecule has 2 bridgehead atoms. The summed E-state index contributed by atoms with van der Waals surface area (Å²) in [7, 11) is 0. The van der Waals surface area contributed by atoms with Crippen molar-refractivity contribution in [3.05, 3.63) is 17.5 Å². The second kappa shape index (κ2) is 8.09. The van der Waals surface area contributed by atoms with Crippen LogP contribution < -0.4 is 5.32 Å². The van der Waals surface area contributed by atoms with Crippen LogP contribution in [0.3, 0.4) is 0 Å². The second-order valence-corrected chi connectivity index (χ2v) is 9.37. The first-order chi connectivity index (χ1) is 14.2. The number of likely N-dealkylation sites (tertiary alicyclic amines) is 1. The molecule has 2 aliphatic heterocycles. The molecule has 1 unspecified atom stereocenters. The molecule has 2 aliphatic carbocycles. The number of H-pyrrole nitrogens is 1. The molecule has 0 aromatic carbocycles. The fourth-order valence-corrected chi connectivity index (χ4v) is 6.02. The fourth-order valence-electron chi connectivity index (χ4n) is 6.02. The maximum absolute atomic E-state index is 13.1. The molecular formula is C22H32N4O3. The molecule has 2 amide bonds. The topological polar surface area (TPSA) is 87.3 Å². The summed E-state index contributed by atoms with van der Waals surface area (Å²) in [5.41, 5.74) is 1.73. The normalized spacial score (nSPS) is 32.5. The van der Waals surface area contributed by atoms with E-state index < -0.39 is 0 Å². The maximum atomic E-state index is 13.1. The number of rotatable bonds is 4. The van der Waals surface area contributed by atoms with E-state index in [0.29, 0.717) is 29.9 Å². The van der Waals surface area contributed by atoms with Crippen molar-refractivity contribution in [2.24, 2.45) is 11.8 Å². The Labute approximate surface area is 171 Å². The van der Waals surface area contributed by atoms with Crippen LogP contribution >= 0.6 is 0 Å². The van der Waals surface area contributed by atoms with Gasteiger partial charge in [0.1, 0.15) is 6.10 Å². The Morgan fingerprint density at radius 3 is 2.48 bits per heavy atom. The van der Waals surface area contributed by atoms with Crippen molar-refractivity contribution >= 4 is 11.8 Å². The minimum Gasteiger partial charge on any atom is -0.368 e. The molecule has 4 aliphatic rings. The van der Waals surface area contributed by atoms with Gasteiger partial charge in [-0.25, -0.2) is 0 Å². The van der Waals surface area contributed by atoms with Gasteiger partial charge >= 0.3 is 0 Å². The number of carbonyl (C=O) groups excluding carboxylic acids is 2. The highest BCUT2D eigenvalue weighted by molar-refractivity contribution is 5.95. The Kier molecular flexibility index (Phi) is 5.33. The fraction of sp³-hybridized carbons (Fsp3) is 0.773. The van der Waals surface area contributed by atoms with E-state index in [1.807, 2.05) is 4.90 Å². The third kappa shape index (κ3) is 3.69. The number of amides is 2. The predicted molar refractivity (Wildman–Crippen MR) is 107 cm³/mol. The second-order valence-electron chi connectivity index (χ2n) is 9.37. The molecule has 1 aromatic heterocycles. The lowest BCUT2D eigenvalue weighted by atomic mass is 9.85. The van der Waals surface area contributed by atoms with E-state index in [2.05, 4.69) is 15.5 Å². The molecular weight excluding hydrogens is 368 g/mol. The third-order valence-electron chi connectivity index (χ3n) is 7.58. The van der Waals surface area contributed by atoms with E-state index in [0.717, 1.165) is 57.3 Å². The van der Waals surface area contributed by atoms with Gasteiger partial charge in [0.25, 0.3) is 11.8 Å². The number of nitrogens with one attached hydrogen (secondary N) is 2. The average molecular weight is 401 g/mol. The summed E-state index contributed by atoms with van der Waals surface area (Å²) < 4.78 is 5.60. The monoisotopic (exact) mass is 400 g/mol. The SMILES string of the molecule is O=C(NC1[C@@H]2CC[C@H]1CN(C(=O)[C@H]1CCCO1)C2)c1cn[nH]c1C1CCCCC1. The summed E-state index contributed by atoms with van der Waals surface area (Å²) in [5, 5.41) is 10.6. The molecule has 4 atom stereocenters. The van der Waals surface area contributed by atoms with Crippen molar-refractivity contribution < 1.29 is 14.3 Å². The van der Waals surface area contributed by atoms with Gasteiger partial charge in [-0.15, -0.1) is 0 Å². The Bertz CT molecular complexity index is 737. The zero-order valence-corrected chi connectivity index (χ0v) is 17.1. The first kappa shape index (κ1) is 19.1. The Balaban J connectivity index is 1.23. The molecule has 2 N–H and O–H groups in total. The van der Waals surface area contributed by atoms with Gasteiger partial charge in [-0.05, 0) is 50.4 Å². The van der Waals surface area contributed by atoms with Gasteiger partial charge in [0.15, 0.2) is 0 Å². The van der Waals surface area contributed by atoms with Crippen molar-refractivity contribution in [3.63, 3.8) is 0 Å². The number of piperidine rings is 1.